The summed E-state index contributed by atoms with van der Waals surface area (Å²) in [6.07, 6.45) is 0.774. The molecule has 2 amide bonds. The van der Waals surface area contributed by atoms with Gasteiger partial charge in [-0.05, 0) is 40.0 Å². The molecule has 0 atom stereocenters. The Morgan fingerprint density at radius 1 is 1.35 bits per heavy atom. The lowest BCUT2D eigenvalue weighted by Crippen LogP contribution is -2.48. The molecule has 1 heterocycles. The molecule has 2 rings (SSSR count). The van der Waals surface area contributed by atoms with Crippen molar-refractivity contribution in [1.82, 2.24) is 10.4 Å². The Bertz CT molecular complexity index is 695. The van der Waals surface area contributed by atoms with Crippen LogP contribution < -0.4 is 26.9 Å². The Labute approximate surface area is 142 Å². The maximum Gasteiger partial charge on any atom is 0.350 e. The van der Waals surface area contributed by atoms with Crippen LogP contribution in [0, 0.1) is 0 Å². The van der Waals surface area contributed by atoms with E-state index in [1.165, 1.54) is 0 Å². The minimum atomic E-state index is -0.611. The number of rotatable bonds is 5. The van der Waals surface area contributed by atoms with Gasteiger partial charge in [0.15, 0.2) is 0 Å². The summed E-state index contributed by atoms with van der Waals surface area (Å²) in [5.74, 6) is 11.4. The Morgan fingerprint density at radius 2 is 2.09 bits per heavy atom. The zero-order chi connectivity index (χ0) is 16.8. The molecule has 0 saturated carbocycles. The molecule has 1 aromatic carbocycles. The predicted octanol–water partition coefficient (Wildman–Crippen LogP) is 2.25. The SMILES string of the molecule is CCc1cccc(N(N)C(=O)NN)c1COc1cccc(Br)n1. The van der Waals surface area contributed by atoms with Crippen molar-refractivity contribution in [2.75, 3.05) is 5.01 Å². The number of hydrogen-bond acceptors (Lipinski definition) is 5. The molecule has 122 valence electrons. The summed E-state index contributed by atoms with van der Waals surface area (Å²) in [7, 11) is 0. The van der Waals surface area contributed by atoms with Gasteiger partial charge in [-0.15, -0.1) is 0 Å². The van der Waals surface area contributed by atoms with E-state index in [-0.39, 0.29) is 6.61 Å². The van der Waals surface area contributed by atoms with Gasteiger partial charge in [0.2, 0.25) is 5.88 Å². The van der Waals surface area contributed by atoms with Crippen LogP contribution in [0.25, 0.3) is 0 Å². The minimum absolute atomic E-state index is 0.231. The molecular weight excluding hydrogens is 362 g/mol. The van der Waals surface area contributed by atoms with E-state index in [0.29, 0.717) is 16.2 Å². The number of aromatic nitrogens is 1. The van der Waals surface area contributed by atoms with Crippen molar-refractivity contribution in [3.63, 3.8) is 0 Å². The highest BCUT2D eigenvalue weighted by atomic mass is 79.9. The first kappa shape index (κ1) is 17.2. The van der Waals surface area contributed by atoms with Crippen LogP contribution in [-0.2, 0) is 13.0 Å². The Morgan fingerprint density at radius 3 is 2.74 bits per heavy atom. The zero-order valence-electron chi connectivity index (χ0n) is 12.6. The first-order valence-corrected chi connectivity index (χ1v) is 7.77. The van der Waals surface area contributed by atoms with E-state index in [0.717, 1.165) is 22.6 Å². The van der Waals surface area contributed by atoms with Gasteiger partial charge in [-0.1, -0.05) is 25.1 Å². The molecule has 0 fully saturated rings. The quantitative estimate of drug-likeness (QED) is 0.319. The summed E-state index contributed by atoms with van der Waals surface area (Å²) < 4.78 is 6.42. The van der Waals surface area contributed by atoms with Crippen LogP contribution in [0.1, 0.15) is 18.1 Å². The van der Waals surface area contributed by atoms with Crippen molar-refractivity contribution >= 4 is 27.6 Å². The molecule has 0 spiro atoms. The third-order valence-electron chi connectivity index (χ3n) is 3.28. The number of carbonyl (C=O) groups is 1. The van der Waals surface area contributed by atoms with Crippen molar-refractivity contribution in [2.24, 2.45) is 11.7 Å². The third-order valence-corrected chi connectivity index (χ3v) is 3.73. The van der Waals surface area contributed by atoms with E-state index in [9.17, 15) is 4.79 Å². The second-order valence-corrected chi connectivity index (χ2v) is 5.49. The number of halogens is 1. The lowest BCUT2D eigenvalue weighted by molar-refractivity contribution is 0.246. The Balaban J connectivity index is 2.30. The minimum Gasteiger partial charge on any atom is -0.473 e. The van der Waals surface area contributed by atoms with Crippen LogP contribution in [0.15, 0.2) is 41.0 Å². The third kappa shape index (κ3) is 4.19. The van der Waals surface area contributed by atoms with E-state index in [4.69, 9.17) is 16.4 Å². The summed E-state index contributed by atoms with van der Waals surface area (Å²) in [6.45, 7) is 2.25. The van der Waals surface area contributed by atoms with Crippen molar-refractivity contribution in [1.29, 1.82) is 0 Å². The second kappa shape index (κ2) is 7.91. The summed E-state index contributed by atoms with van der Waals surface area (Å²) in [6, 6.07) is 10.3. The number of benzene rings is 1. The molecule has 2 aromatic rings. The molecule has 0 radical (unpaired) electrons. The molecule has 8 heteroatoms. The molecule has 7 nitrogen and oxygen atoms in total. The fraction of sp³-hybridized carbons (Fsp3) is 0.200. The predicted molar refractivity (Wildman–Crippen MR) is 91.5 cm³/mol. The first-order valence-electron chi connectivity index (χ1n) is 6.98. The number of aryl methyl sites for hydroxylation is 1. The van der Waals surface area contributed by atoms with Crippen molar-refractivity contribution < 1.29 is 9.53 Å². The molecule has 0 unspecified atom stereocenters. The highest BCUT2D eigenvalue weighted by Crippen LogP contribution is 2.25. The zero-order valence-corrected chi connectivity index (χ0v) is 14.2. The Hall–Kier alpha value is -2.16. The number of carbonyl (C=O) groups excluding carboxylic acids is 1. The topological polar surface area (TPSA) is 106 Å². The number of pyridine rings is 1. The molecule has 1 aromatic heterocycles. The number of nitrogens with zero attached hydrogens (tertiary/aromatic N) is 2. The number of urea groups is 1. The van der Waals surface area contributed by atoms with Gasteiger partial charge in [-0.3, -0.25) is 5.43 Å². The number of amides is 2. The lowest BCUT2D eigenvalue weighted by Gasteiger charge is -2.21. The van der Waals surface area contributed by atoms with E-state index >= 15 is 0 Å². The number of nitrogens with two attached hydrogens (primary N) is 2. The molecule has 0 aliphatic carbocycles. The molecule has 0 bridgehead atoms. The van der Waals surface area contributed by atoms with Gasteiger partial charge in [0.05, 0.1) is 5.69 Å². The van der Waals surface area contributed by atoms with Crippen LogP contribution in [0.2, 0.25) is 0 Å². The van der Waals surface area contributed by atoms with E-state index < -0.39 is 6.03 Å². The maximum atomic E-state index is 11.7. The van der Waals surface area contributed by atoms with Crippen LogP contribution in [0.4, 0.5) is 10.5 Å². The highest BCUT2D eigenvalue weighted by Gasteiger charge is 2.17. The standard InChI is InChI=1S/C15H18BrN5O2/c1-2-10-5-3-6-12(21(18)15(22)20-17)11(10)9-23-14-8-4-7-13(16)19-14/h3-8H,2,9,17-18H2,1H3,(H,20,22). The normalized spacial score (nSPS) is 10.3. The van der Waals surface area contributed by atoms with Crippen LogP contribution >= 0.6 is 15.9 Å². The molecule has 0 aliphatic rings. The number of hydrogen-bond donors (Lipinski definition) is 3. The number of ether oxygens (including phenoxy) is 1. The van der Waals surface area contributed by atoms with Crippen molar-refractivity contribution in [3.8, 4) is 5.88 Å². The van der Waals surface area contributed by atoms with Crippen LogP contribution in [0.5, 0.6) is 5.88 Å². The molecule has 0 saturated heterocycles. The highest BCUT2D eigenvalue weighted by molar-refractivity contribution is 9.10. The van der Waals surface area contributed by atoms with Gasteiger partial charge in [0, 0.05) is 11.6 Å². The molecular formula is C15H18BrN5O2. The van der Waals surface area contributed by atoms with E-state index in [1.54, 1.807) is 12.1 Å². The van der Waals surface area contributed by atoms with Gasteiger partial charge >= 0.3 is 6.03 Å². The average Bonchev–Trinajstić information content (AvgIpc) is 2.58. The van der Waals surface area contributed by atoms with Gasteiger partial charge in [0.25, 0.3) is 0 Å². The fourth-order valence-corrected chi connectivity index (χ4v) is 2.47. The molecule has 0 aliphatic heterocycles. The molecule has 23 heavy (non-hydrogen) atoms. The average molecular weight is 380 g/mol. The smallest absolute Gasteiger partial charge is 0.350 e. The van der Waals surface area contributed by atoms with Gasteiger partial charge < -0.3 is 4.74 Å². The first-order chi connectivity index (χ1) is 11.1. The molecule has 5 N–H and O–H groups in total. The van der Waals surface area contributed by atoms with Gasteiger partial charge in [0.1, 0.15) is 11.2 Å². The largest absolute Gasteiger partial charge is 0.473 e. The summed E-state index contributed by atoms with van der Waals surface area (Å²) in [5, 5.41) is 0.964. The van der Waals surface area contributed by atoms with Crippen molar-refractivity contribution in [2.45, 2.75) is 20.0 Å². The summed E-state index contributed by atoms with van der Waals surface area (Å²) >= 11 is 3.30. The van der Waals surface area contributed by atoms with Gasteiger partial charge in [-0.25, -0.2) is 26.5 Å². The fourth-order valence-electron chi connectivity index (χ4n) is 2.14. The van der Waals surface area contributed by atoms with E-state index in [1.807, 2.05) is 36.6 Å². The lowest BCUT2D eigenvalue weighted by atomic mass is 10.0. The van der Waals surface area contributed by atoms with E-state index in [2.05, 4.69) is 20.9 Å². The second-order valence-electron chi connectivity index (χ2n) is 4.68. The number of hydrazine groups is 2. The summed E-state index contributed by atoms with van der Waals surface area (Å²) in [4.78, 5) is 15.9. The Kier molecular flexibility index (Phi) is 5.91. The maximum absolute atomic E-state index is 11.7. The number of anilines is 1. The van der Waals surface area contributed by atoms with Gasteiger partial charge in [-0.2, -0.15) is 0 Å². The number of nitrogens with one attached hydrogen (secondary N) is 1. The summed E-state index contributed by atoms with van der Waals surface area (Å²) in [5.41, 5.74) is 4.38. The van der Waals surface area contributed by atoms with Crippen LogP contribution in [0.3, 0.4) is 0 Å². The van der Waals surface area contributed by atoms with Crippen LogP contribution in [-0.4, -0.2) is 11.0 Å². The van der Waals surface area contributed by atoms with Crippen molar-refractivity contribution in [3.05, 3.63) is 52.1 Å². The monoisotopic (exact) mass is 379 g/mol.